The Balaban J connectivity index is 1.54. The third-order valence-corrected chi connectivity index (χ3v) is 6.70. The van der Waals surface area contributed by atoms with Crippen LogP contribution in [-0.4, -0.2) is 42.1 Å². The van der Waals surface area contributed by atoms with Crippen LogP contribution in [0.15, 0.2) is 36.5 Å². The Hall–Kier alpha value is -3.00. The summed E-state index contributed by atoms with van der Waals surface area (Å²) in [6.45, 7) is 4.77. The van der Waals surface area contributed by atoms with E-state index < -0.39 is 5.82 Å². The molecule has 2 aromatic rings. The van der Waals surface area contributed by atoms with E-state index in [9.17, 15) is 14.0 Å². The summed E-state index contributed by atoms with van der Waals surface area (Å²) in [6, 6.07) is 8.40. The Kier molecular flexibility index (Phi) is 5.33. The lowest BCUT2D eigenvalue weighted by Gasteiger charge is -2.46. The molecule has 1 aliphatic carbocycles. The third kappa shape index (κ3) is 3.83. The number of halogens is 1. The Labute approximate surface area is 186 Å². The van der Waals surface area contributed by atoms with Crippen LogP contribution in [0.4, 0.5) is 15.9 Å². The molecule has 3 heterocycles. The first-order valence-corrected chi connectivity index (χ1v) is 11.1. The lowest BCUT2D eigenvalue weighted by molar-refractivity contribution is -0.117. The molecule has 1 aromatic carbocycles. The van der Waals surface area contributed by atoms with Crippen LogP contribution in [0.1, 0.15) is 48.7 Å². The number of nitrogens with one attached hydrogen (secondary N) is 2. The van der Waals surface area contributed by atoms with E-state index in [-0.39, 0.29) is 35.9 Å². The van der Waals surface area contributed by atoms with Crippen molar-refractivity contribution in [3.8, 4) is 0 Å². The number of hydrogen-bond donors (Lipinski definition) is 2. The molecule has 32 heavy (non-hydrogen) atoms. The van der Waals surface area contributed by atoms with Gasteiger partial charge in [-0.1, -0.05) is 6.92 Å². The minimum atomic E-state index is -0.398. The molecule has 168 valence electrons. The molecule has 2 N–H and O–H groups in total. The van der Waals surface area contributed by atoms with Gasteiger partial charge in [0.15, 0.2) is 0 Å². The second-order valence-electron chi connectivity index (χ2n) is 9.04. The van der Waals surface area contributed by atoms with Crippen LogP contribution in [0.3, 0.4) is 0 Å². The maximum atomic E-state index is 13.4. The van der Waals surface area contributed by atoms with Gasteiger partial charge in [0.05, 0.1) is 31.5 Å². The number of anilines is 2. The zero-order valence-corrected chi connectivity index (χ0v) is 18.2. The van der Waals surface area contributed by atoms with Crippen LogP contribution in [0.2, 0.25) is 0 Å². The van der Waals surface area contributed by atoms with E-state index in [0.29, 0.717) is 30.5 Å². The second kappa shape index (κ2) is 8.16. The lowest BCUT2D eigenvalue weighted by atomic mass is 9.79. The van der Waals surface area contributed by atoms with Gasteiger partial charge in [0.1, 0.15) is 11.6 Å². The van der Waals surface area contributed by atoms with Gasteiger partial charge >= 0.3 is 0 Å². The van der Waals surface area contributed by atoms with Crippen LogP contribution >= 0.6 is 0 Å². The van der Waals surface area contributed by atoms with Crippen LogP contribution in [-0.2, 0) is 9.53 Å². The van der Waals surface area contributed by atoms with E-state index in [2.05, 4.69) is 22.5 Å². The minimum Gasteiger partial charge on any atom is -0.377 e. The molecule has 8 heteroatoms. The number of rotatable bonds is 5. The predicted octanol–water partition coefficient (Wildman–Crippen LogP) is 3.28. The number of amides is 2. The number of hydrogen-bond acceptors (Lipinski definition) is 5. The molecule has 1 saturated heterocycles. The molecule has 1 saturated carbocycles. The van der Waals surface area contributed by atoms with Crippen molar-refractivity contribution in [3.63, 3.8) is 0 Å². The van der Waals surface area contributed by atoms with Gasteiger partial charge < -0.3 is 20.3 Å². The van der Waals surface area contributed by atoms with Crippen molar-refractivity contribution in [1.82, 2.24) is 10.3 Å². The quantitative estimate of drug-likeness (QED) is 0.749. The Morgan fingerprint density at radius 1 is 1.19 bits per heavy atom. The lowest BCUT2D eigenvalue weighted by Crippen LogP contribution is -2.51. The summed E-state index contributed by atoms with van der Waals surface area (Å²) in [4.78, 5) is 31.6. The fraction of sp³-hybridized carbons (Fsp3) is 0.458. The fourth-order valence-corrected chi connectivity index (χ4v) is 4.92. The topological polar surface area (TPSA) is 83.6 Å². The van der Waals surface area contributed by atoms with Gasteiger partial charge in [-0.3, -0.25) is 9.59 Å². The van der Waals surface area contributed by atoms with Gasteiger partial charge in [0, 0.05) is 30.1 Å². The zero-order chi connectivity index (χ0) is 22.4. The minimum absolute atomic E-state index is 0.00262. The Morgan fingerprint density at radius 2 is 1.97 bits per heavy atom. The van der Waals surface area contributed by atoms with Gasteiger partial charge in [-0.25, -0.2) is 9.37 Å². The van der Waals surface area contributed by atoms with Crippen molar-refractivity contribution in [2.45, 2.75) is 44.8 Å². The van der Waals surface area contributed by atoms with Gasteiger partial charge in [0.25, 0.3) is 5.91 Å². The third-order valence-electron chi connectivity index (χ3n) is 6.70. The summed E-state index contributed by atoms with van der Waals surface area (Å²) in [5.74, 6) is 0.521. The van der Waals surface area contributed by atoms with E-state index in [1.165, 1.54) is 12.3 Å². The van der Waals surface area contributed by atoms with Gasteiger partial charge in [-0.15, -0.1) is 0 Å². The number of ether oxygens (including phenoxy) is 1. The van der Waals surface area contributed by atoms with Crippen molar-refractivity contribution < 1.29 is 18.7 Å². The Morgan fingerprint density at radius 3 is 2.56 bits per heavy atom. The molecular weight excluding hydrogens is 411 g/mol. The second-order valence-corrected chi connectivity index (χ2v) is 9.04. The van der Waals surface area contributed by atoms with Gasteiger partial charge in [0.2, 0.25) is 5.91 Å². The van der Waals surface area contributed by atoms with Crippen LogP contribution in [0, 0.1) is 17.7 Å². The first-order valence-electron chi connectivity index (χ1n) is 11.1. The highest BCUT2D eigenvalue weighted by atomic mass is 19.1. The first-order chi connectivity index (χ1) is 15.4. The van der Waals surface area contributed by atoms with Crippen LogP contribution in [0.5, 0.6) is 0 Å². The molecule has 0 spiro atoms. The van der Waals surface area contributed by atoms with E-state index in [0.717, 1.165) is 24.1 Å². The normalized spacial score (nSPS) is 25.0. The summed E-state index contributed by atoms with van der Waals surface area (Å²) in [5, 5.41) is 6.42. The fourth-order valence-electron chi connectivity index (χ4n) is 4.92. The van der Waals surface area contributed by atoms with Crippen molar-refractivity contribution in [2.75, 3.05) is 23.4 Å². The average Bonchev–Trinajstić information content (AvgIpc) is 3.58. The molecule has 0 unspecified atom stereocenters. The van der Waals surface area contributed by atoms with Gasteiger partial charge in [-0.05, 0) is 54.7 Å². The standard InChI is InChI=1S/C24H27FN4O3/c1-13-22(28-21-8-6-17(25)10-26-21)19-9-16(24(31)27-18-11-32-12-18)5-7-20(19)29(14(2)30)23(13)15-3-4-15/h5-10,13,15,18,22-23H,3-4,11-12H2,1-2H3,(H,26,28)(H,27,31)/t13-,22-,23-/m1/s1. The van der Waals surface area contributed by atoms with Crippen molar-refractivity contribution in [1.29, 1.82) is 0 Å². The molecule has 7 nitrogen and oxygen atoms in total. The summed E-state index contributed by atoms with van der Waals surface area (Å²) >= 11 is 0. The highest BCUT2D eigenvalue weighted by Gasteiger charge is 2.47. The van der Waals surface area contributed by atoms with E-state index >= 15 is 0 Å². The van der Waals surface area contributed by atoms with E-state index in [1.807, 2.05) is 17.0 Å². The van der Waals surface area contributed by atoms with Gasteiger partial charge in [-0.2, -0.15) is 0 Å². The summed E-state index contributed by atoms with van der Waals surface area (Å²) in [6.07, 6.45) is 3.38. The molecule has 2 amide bonds. The number of fused-ring (bicyclic) bond motifs is 1. The predicted molar refractivity (Wildman–Crippen MR) is 118 cm³/mol. The van der Waals surface area contributed by atoms with Crippen LogP contribution in [0.25, 0.3) is 0 Å². The maximum absolute atomic E-state index is 13.4. The molecule has 3 atom stereocenters. The molecule has 0 radical (unpaired) electrons. The molecule has 2 aliphatic heterocycles. The molecular formula is C24H27FN4O3. The largest absolute Gasteiger partial charge is 0.377 e. The average molecular weight is 439 g/mol. The zero-order valence-electron chi connectivity index (χ0n) is 18.2. The first kappa shape index (κ1) is 20.9. The number of carbonyl (C=O) groups excluding carboxylic acids is 2. The molecule has 5 rings (SSSR count). The molecule has 2 fully saturated rings. The van der Waals surface area contributed by atoms with Crippen molar-refractivity contribution >= 4 is 23.3 Å². The molecule has 3 aliphatic rings. The number of benzene rings is 1. The SMILES string of the molecule is CC(=O)N1c2ccc(C(=O)NC3COC3)cc2[C@H](Nc2ccc(F)cn2)[C@@H](C)[C@@H]1C1CC1. The Bertz CT molecular complexity index is 1040. The van der Waals surface area contributed by atoms with E-state index in [1.54, 1.807) is 19.1 Å². The highest BCUT2D eigenvalue weighted by Crippen LogP contribution is 2.50. The number of nitrogens with zero attached hydrogens (tertiary/aromatic N) is 2. The smallest absolute Gasteiger partial charge is 0.251 e. The maximum Gasteiger partial charge on any atom is 0.251 e. The summed E-state index contributed by atoms with van der Waals surface area (Å²) < 4.78 is 18.5. The number of pyridine rings is 1. The summed E-state index contributed by atoms with van der Waals surface area (Å²) in [7, 11) is 0. The molecule has 1 aromatic heterocycles. The number of aromatic nitrogens is 1. The molecule has 0 bridgehead atoms. The van der Waals surface area contributed by atoms with Crippen molar-refractivity contribution in [3.05, 3.63) is 53.5 Å². The summed E-state index contributed by atoms with van der Waals surface area (Å²) in [5.41, 5.74) is 2.22. The van der Waals surface area contributed by atoms with E-state index in [4.69, 9.17) is 4.74 Å². The number of carbonyl (C=O) groups is 2. The highest BCUT2D eigenvalue weighted by molar-refractivity contribution is 5.98. The monoisotopic (exact) mass is 438 g/mol. The van der Waals surface area contributed by atoms with Crippen LogP contribution < -0.4 is 15.5 Å². The van der Waals surface area contributed by atoms with Crippen molar-refractivity contribution in [2.24, 2.45) is 11.8 Å².